The van der Waals surface area contributed by atoms with Crippen molar-refractivity contribution in [2.45, 2.75) is 56.8 Å². The first-order chi connectivity index (χ1) is 13.5. The van der Waals surface area contributed by atoms with Gasteiger partial charge in [0.05, 0.1) is 24.3 Å². The number of rotatable bonds is 3. The van der Waals surface area contributed by atoms with Crippen LogP contribution in [0.1, 0.15) is 44.1 Å². The lowest BCUT2D eigenvalue weighted by molar-refractivity contribution is -0.182. The van der Waals surface area contributed by atoms with Crippen molar-refractivity contribution in [1.82, 2.24) is 9.88 Å². The van der Waals surface area contributed by atoms with Crippen molar-refractivity contribution in [3.05, 3.63) is 23.9 Å². The van der Waals surface area contributed by atoms with Gasteiger partial charge in [0, 0.05) is 25.2 Å². The van der Waals surface area contributed by atoms with Crippen LogP contribution >= 0.6 is 0 Å². The zero-order valence-corrected chi connectivity index (χ0v) is 15.8. The molecule has 5 aliphatic rings. The molecule has 5 fully saturated rings. The van der Waals surface area contributed by atoms with Gasteiger partial charge in [-0.25, -0.2) is 9.78 Å². The molecule has 1 saturated heterocycles. The van der Waals surface area contributed by atoms with Gasteiger partial charge in [-0.05, 0) is 55.4 Å². The standard InChI is InChI=1S/C21H25N3O4/c22-11-13-1-3-23-18(5-13)27-17-2-4-24(12-17)20(26)28-19-14-6-16(25)10-21(7-14)8-15(19)9-21/h1,3,5,14-17,19,25H,2,4,6-10,12H2/t14?,15?,16?,17-,19?,21?/m1/s1. The molecule has 148 valence electrons. The van der Waals surface area contributed by atoms with E-state index in [4.69, 9.17) is 14.7 Å². The van der Waals surface area contributed by atoms with Gasteiger partial charge in [0.2, 0.25) is 5.88 Å². The lowest BCUT2D eigenvalue weighted by Crippen LogP contribution is -2.59. The fraction of sp³-hybridized carbons (Fsp3) is 0.667. The molecule has 0 aromatic carbocycles. The number of nitriles is 1. The summed E-state index contributed by atoms with van der Waals surface area (Å²) in [5.41, 5.74) is 0.829. The predicted octanol–water partition coefficient (Wildman–Crippen LogP) is 2.48. The second-order valence-corrected chi connectivity index (χ2v) is 9.04. The number of carbonyl (C=O) groups excluding carboxylic acids is 1. The second kappa shape index (κ2) is 6.63. The monoisotopic (exact) mass is 383 g/mol. The molecule has 4 saturated carbocycles. The highest BCUT2D eigenvalue weighted by molar-refractivity contribution is 5.68. The van der Waals surface area contributed by atoms with Crippen molar-refractivity contribution in [3.63, 3.8) is 0 Å². The van der Waals surface area contributed by atoms with Gasteiger partial charge in [0.1, 0.15) is 12.2 Å². The van der Waals surface area contributed by atoms with Gasteiger partial charge in [0.15, 0.2) is 0 Å². The smallest absolute Gasteiger partial charge is 0.410 e. The van der Waals surface area contributed by atoms with Gasteiger partial charge >= 0.3 is 6.09 Å². The highest BCUT2D eigenvalue weighted by Crippen LogP contribution is 2.64. The number of ether oxygens (including phenoxy) is 2. The number of nitrogens with zero attached hydrogens (tertiary/aromatic N) is 3. The Hall–Kier alpha value is -2.33. The molecular formula is C21H25N3O4. The predicted molar refractivity (Wildman–Crippen MR) is 98.3 cm³/mol. The first-order valence-electron chi connectivity index (χ1n) is 10.2. The Bertz CT molecular complexity index is 816. The summed E-state index contributed by atoms with van der Waals surface area (Å²) in [6.45, 7) is 1.06. The Labute approximate surface area is 164 Å². The summed E-state index contributed by atoms with van der Waals surface area (Å²) in [7, 11) is 0. The second-order valence-electron chi connectivity index (χ2n) is 9.04. The molecule has 4 atom stereocenters. The van der Waals surface area contributed by atoms with E-state index in [0.717, 1.165) is 32.1 Å². The fourth-order valence-corrected chi connectivity index (χ4v) is 6.00. The quantitative estimate of drug-likeness (QED) is 0.861. The summed E-state index contributed by atoms with van der Waals surface area (Å²) in [5.74, 6) is 1.17. The van der Waals surface area contributed by atoms with Crippen LogP contribution in [0.3, 0.4) is 0 Å². The SMILES string of the molecule is N#Cc1ccnc(O[C@@H]2CCN(C(=O)OC3C4CC(O)CC5(C4)CC3C5)C2)c1. The molecule has 1 amide bonds. The van der Waals surface area contributed by atoms with Gasteiger partial charge in [-0.3, -0.25) is 0 Å². The normalized spacial score (nSPS) is 38.3. The third kappa shape index (κ3) is 3.10. The number of pyridine rings is 1. The number of aromatic nitrogens is 1. The lowest BCUT2D eigenvalue weighted by Gasteiger charge is -2.62. The van der Waals surface area contributed by atoms with E-state index in [0.29, 0.717) is 48.2 Å². The summed E-state index contributed by atoms with van der Waals surface area (Å²) in [6, 6.07) is 5.31. The summed E-state index contributed by atoms with van der Waals surface area (Å²) in [4.78, 5) is 18.6. The molecule has 1 N–H and O–H groups in total. The molecule has 7 nitrogen and oxygen atoms in total. The van der Waals surface area contributed by atoms with Crippen LogP contribution in [-0.2, 0) is 4.74 Å². The molecule has 7 heteroatoms. The van der Waals surface area contributed by atoms with Gasteiger partial charge < -0.3 is 19.5 Å². The average molecular weight is 383 g/mol. The van der Waals surface area contributed by atoms with E-state index >= 15 is 0 Å². The van der Waals surface area contributed by atoms with E-state index in [9.17, 15) is 9.90 Å². The van der Waals surface area contributed by atoms with Crippen LogP contribution in [0.4, 0.5) is 4.79 Å². The number of amides is 1. The van der Waals surface area contributed by atoms with Gasteiger partial charge in [-0.15, -0.1) is 0 Å². The zero-order chi connectivity index (χ0) is 19.3. The highest BCUT2D eigenvalue weighted by Gasteiger charge is 2.60. The molecule has 4 aliphatic carbocycles. The number of hydrogen-bond acceptors (Lipinski definition) is 6. The van der Waals surface area contributed by atoms with E-state index < -0.39 is 0 Å². The summed E-state index contributed by atoms with van der Waals surface area (Å²) in [6.07, 6.45) is 6.49. The summed E-state index contributed by atoms with van der Waals surface area (Å²) >= 11 is 0. The number of likely N-dealkylation sites (tertiary alicyclic amines) is 1. The summed E-state index contributed by atoms with van der Waals surface area (Å²) in [5, 5.41) is 19.2. The van der Waals surface area contributed by atoms with Gasteiger partial charge in [-0.2, -0.15) is 5.26 Å². The Kier molecular flexibility index (Phi) is 4.20. The van der Waals surface area contributed by atoms with Gasteiger partial charge in [-0.1, -0.05) is 0 Å². The third-order valence-electron chi connectivity index (χ3n) is 7.05. The average Bonchev–Trinajstić information content (AvgIpc) is 3.11. The van der Waals surface area contributed by atoms with Crippen molar-refractivity contribution in [2.24, 2.45) is 17.3 Å². The van der Waals surface area contributed by atoms with Crippen LogP contribution < -0.4 is 4.74 Å². The van der Waals surface area contributed by atoms with Crippen molar-refractivity contribution in [1.29, 1.82) is 5.26 Å². The van der Waals surface area contributed by atoms with Crippen LogP contribution in [0.5, 0.6) is 5.88 Å². The number of hydrogen-bond donors (Lipinski definition) is 1. The van der Waals surface area contributed by atoms with Crippen molar-refractivity contribution in [2.75, 3.05) is 13.1 Å². The molecule has 3 bridgehead atoms. The first-order valence-corrected chi connectivity index (χ1v) is 10.2. The third-order valence-corrected chi connectivity index (χ3v) is 7.05. The van der Waals surface area contributed by atoms with E-state index in [1.165, 1.54) is 0 Å². The van der Waals surface area contributed by atoms with Crippen LogP contribution in [0.15, 0.2) is 18.3 Å². The maximum atomic E-state index is 12.7. The number of aliphatic hydroxyl groups excluding tert-OH is 1. The Morgan fingerprint density at radius 3 is 2.96 bits per heavy atom. The van der Waals surface area contributed by atoms with Crippen LogP contribution in [-0.4, -0.2) is 52.5 Å². The van der Waals surface area contributed by atoms with E-state index in [2.05, 4.69) is 11.1 Å². The number of aliphatic hydroxyl groups is 1. The maximum Gasteiger partial charge on any atom is 0.410 e. The van der Waals surface area contributed by atoms with Crippen LogP contribution in [0.25, 0.3) is 0 Å². The molecule has 1 aliphatic heterocycles. The Morgan fingerprint density at radius 1 is 1.32 bits per heavy atom. The summed E-state index contributed by atoms with van der Waals surface area (Å²) < 4.78 is 11.8. The maximum absolute atomic E-state index is 12.7. The molecule has 1 spiro atoms. The molecule has 1 aromatic rings. The molecule has 0 radical (unpaired) electrons. The van der Waals surface area contributed by atoms with Crippen LogP contribution in [0, 0.1) is 28.6 Å². The van der Waals surface area contributed by atoms with E-state index in [-0.39, 0.29) is 24.4 Å². The van der Waals surface area contributed by atoms with Crippen molar-refractivity contribution >= 4 is 6.09 Å². The minimum Gasteiger partial charge on any atom is -0.472 e. The first kappa shape index (κ1) is 17.7. The van der Waals surface area contributed by atoms with Crippen molar-refractivity contribution in [3.8, 4) is 11.9 Å². The topological polar surface area (TPSA) is 95.7 Å². The number of carbonyl (C=O) groups is 1. The largest absolute Gasteiger partial charge is 0.472 e. The molecule has 28 heavy (non-hydrogen) atoms. The zero-order valence-electron chi connectivity index (χ0n) is 15.8. The molecular weight excluding hydrogens is 358 g/mol. The van der Waals surface area contributed by atoms with Crippen molar-refractivity contribution < 1.29 is 19.4 Å². The lowest BCUT2D eigenvalue weighted by atomic mass is 9.45. The van der Waals surface area contributed by atoms with Gasteiger partial charge in [0.25, 0.3) is 0 Å². The Balaban J connectivity index is 1.17. The minimum absolute atomic E-state index is 0.0572. The van der Waals surface area contributed by atoms with E-state index in [1.54, 1.807) is 23.2 Å². The van der Waals surface area contributed by atoms with Crippen LogP contribution in [0.2, 0.25) is 0 Å². The van der Waals surface area contributed by atoms with E-state index in [1.807, 2.05) is 0 Å². The fourth-order valence-electron chi connectivity index (χ4n) is 6.00. The Morgan fingerprint density at radius 2 is 2.14 bits per heavy atom. The molecule has 2 heterocycles. The minimum atomic E-state index is -0.269. The highest BCUT2D eigenvalue weighted by atomic mass is 16.6. The molecule has 1 aromatic heterocycles. The molecule has 6 rings (SSSR count). The molecule has 3 unspecified atom stereocenters.